The monoisotopic (exact) mass is 227 g/mol. The van der Waals surface area contributed by atoms with E-state index in [2.05, 4.69) is 17.3 Å². The highest BCUT2D eigenvalue weighted by Crippen LogP contribution is 2.20. The molecular weight excluding hydrogens is 210 g/mol. The quantitative estimate of drug-likeness (QED) is 0.857. The third kappa shape index (κ3) is 2.52. The van der Waals surface area contributed by atoms with Crippen LogP contribution in [0.3, 0.4) is 0 Å². The normalized spacial score (nSPS) is 18.3. The van der Waals surface area contributed by atoms with Gasteiger partial charge in [-0.15, -0.1) is 0 Å². The van der Waals surface area contributed by atoms with Crippen LogP contribution in [0.25, 0.3) is 0 Å². The van der Waals surface area contributed by atoms with E-state index >= 15 is 0 Å². The maximum absolute atomic E-state index is 6.23. The topological polar surface area (TPSA) is 29.9 Å². The van der Waals surface area contributed by atoms with Crippen LogP contribution in [-0.4, -0.2) is 22.9 Å². The average Bonchev–Trinajstić information content (AvgIpc) is 2.62. The summed E-state index contributed by atoms with van der Waals surface area (Å²) in [6.45, 7) is 5.34. The Morgan fingerprint density at radius 1 is 1.53 bits per heavy atom. The summed E-state index contributed by atoms with van der Waals surface area (Å²) in [6.07, 6.45) is 5.32. The first-order chi connectivity index (χ1) is 7.31. The Morgan fingerprint density at radius 2 is 2.27 bits per heavy atom. The van der Waals surface area contributed by atoms with E-state index in [0.717, 1.165) is 42.7 Å². The van der Waals surface area contributed by atoms with Gasteiger partial charge in [-0.05, 0) is 38.3 Å². The Bertz CT molecular complexity index is 316. The van der Waals surface area contributed by atoms with E-state index in [4.69, 9.17) is 11.6 Å². The van der Waals surface area contributed by atoms with E-state index in [9.17, 15) is 0 Å². The van der Waals surface area contributed by atoms with Gasteiger partial charge in [0.25, 0.3) is 0 Å². The molecule has 1 aromatic rings. The summed E-state index contributed by atoms with van der Waals surface area (Å²) in [5.74, 6) is 0.730. The molecule has 3 nitrogen and oxygen atoms in total. The largest absolute Gasteiger partial charge is 0.317 e. The minimum atomic E-state index is 0.730. The molecule has 1 aliphatic rings. The van der Waals surface area contributed by atoms with Crippen LogP contribution < -0.4 is 5.32 Å². The molecule has 0 aromatic carbocycles. The highest BCUT2D eigenvalue weighted by molar-refractivity contribution is 6.30. The second kappa shape index (κ2) is 4.99. The van der Waals surface area contributed by atoms with Crippen molar-refractivity contribution in [1.82, 2.24) is 15.1 Å². The van der Waals surface area contributed by atoms with Gasteiger partial charge < -0.3 is 5.32 Å². The lowest BCUT2D eigenvalue weighted by Crippen LogP contribution is -2.30. The Balaban J connectivity index is 2.00. The Morgan fingerprint density at radius 3 is 2.87 bits per heavy atom. The van der Waals surface area contributed by atoms with Gasteiger partial charge in [-0.25, -0.2) is 0 Å². The number of aromatic nitrogens is 2. The second-order valence-corrected chi connectivity index (χ2v) is 4.55. The Hall–Kier alpha value is -0.540. The van der Waals surface area contributed by atoms with Crippen molar-refractivity contribution in [3.8, 4) is 0 Å². The van der Waals surface area contributed by atoms with Gasteiger partial charge in [-0.2, -0.15) is 5.10 Å². The van der Waals surface area contributed by atoms with Crippen molar-refractivity contribution in [3.63, 3.8) is 0 Å². The smallest absolute Gasteiger partial charge is 0.130 e. The number of rotatable bonds is 3. The molecule has 0 saturated carbocycles. The Labute approximate surface area is 95.8 Å². The van der Waals surface area contributed by atoms with Gasteiger partial charge in [0.2, 0.25) is 0 Å². The number of nitrogens with one attached hydrogen (secondary N) is 1. The minimum absolute atomic E-state index is 0.730. The fourth-order valence-corrected chi connectivity index (χ4v) is 2.38. The van der Waals surface area contributed by atoms with Crippen molar-refractivity contribution in [1.29, 1.82) is 0 Å². The molecule has 0 atom stereocenters. The Kier molecular flexibility index (Phi) is 3.65. The molecule has 2 heterocycles. The summed E-state index contributed by atoms with van der Waals surface area (Å²) >= 11 is 6.23. The van der Waals surface area contributed by atoms with Crippen LogP contribution in [0.1, 0.15) is 25.3 Å². The first-order valence-electron chi connectivity index (χ1n) is 5.72. The summed E-state index contributed by atoms with van der Waals surface area (Å²) in [7, 11) is 0. The van der Waals surface area contributed by atoms with Gasteiger partial charge in [0.05, 0.1) is 6.20 Å². The molecule has 0 unspecified atom stereocenters. The van der Waals surface area contributed by atoms with Crippen molar-refractivity contribution < 1.29 is 0 Å². The number of hydrogen-bond acceptors (Lipinski definition) is 2. The lowest BCUT2D eigenvalue weighted by molar-refractivity contribution is 0.321. The number of piperidine rings is 1. The van der Waals surface area contributed by atoms with E-state index in [1.807, 2.05) is 10.9 Å². The van der Waals surface area contributed by atoms with Gasteiger partial charge in [-0.3, -0.25) is 4.68 Å². The molecule has 1 aliphatic heterocycles. The van der Waals surface area contributed by atoms with Crippen molar-refractivity contribution in [2.75, 3.05) is 13.1 Å². The molecule has 0 amide bonds. The van der Waals surface area contributed by atoms with Crippen LogP contribution in [-0.2, 0) is 13.0 Å². The number of hydrogen-bond donors (Lipinski definition) is 1. The molecule has 0 bridgehead atoms. The molecule has 1 saturated heterocycles. The molecule has 0 aliphatic carbocycles. The zero-order valence-corrected chi connectivity index (χ0v) is 9.93. The van der Waals surface area contributed by atoms with Crippen molar-refractivity contribution in [2.45, 2.75) is 32.7 Å². The lowest BCUT2D eigenvalue weighted by atomic mass is 9.98. The summed E-state index contributed by atoms with van der Waals surface area (Å²) < 4.78 is 1.95. The standard InChI is InChI=1S/C11H18ClN3/c1-2-10-7-14-15(11(10)12)8-9-3-5-13-6-4-9/h7,9,13H,2-6,8H2,1H3. The van der Waals surface area contributed by atoms with E-state index in [1.54, 1.807) is 0 Å². The van der Waals surface area contributed by atoms with Crippen molar-refractivity contribution in [2.24, 2.45) is 5.92 Å². The van der Waals surface area contributed by atoms with Gasteiger partial charge in [0.15, 0.2) is 0 Å². The fourth-order valence-electron chi connectivity index (χ4n) is 2.08. The SMILES string of the molecule is CCc1cnn(CC2CCNCC2)c1Cl. The summed E-state index contributed by atoms with van der Waals surface area (Å²) in [5.41, 5.74) is 1.16. The second-order valence-electron chi connectivity index (χ2n) is 4.19. The first-order valence-corrected chi connectivity index (χ1v) is 6.10. The molecule has 0 spiro atoms. The lowest BCUT2D eigenvalue weighted by Gasteiger charge is -2.22. The number of aryl methyl sites for hydroxylation is 1. The highest BCUT2D eigenvalue weighted by Gasteiger charge is 2.16. The molecule has 15 heavy (non-hydrogen) atoms. The maximum atomic E-state index is 6.23. The third-order valence-corrected chi connectivity index (χ3v) is 3.55. The van der Waals surface area contributed by atoms with Crippen molar-refractivity contribution >= 4 is 11.6 Å². The number of halogens is 1. The molecule has 1 aromatic heterocycles. The van der Waals surface area contributed by atoms with Crippen LogP contribution in [0.15, 0.2) is 6.20 Å². The fraction of sp³-hybridized carbons (Fsp3) is 0.727. The molecule has 0 radical (unpaired) electrons. The molecule has 2 rings (SSSR count). The van der Waals surface area contributed by atoms with Gasteiger partial charge in [0.1, 0.15) is 5.15 Å². The van der Waals surface area contributed by atoms with E-state index < -0.39 is 0 Å². The predicted molar refractivity (Wildman–Crippen MR) is 62.2 cm³/mol. The van der Waals surface area contributed by atoms with Crippen LogP contribution in [0.5, 0.6) is 0 Å². The molecule has 84 valence electrons. The molecule has 1 fully saturated rings. The van der Waals surface area contributed by atoms with Crippen LogP contribution in [0, 0.1) is 5.92 Å². The molecular formula is C11H18ClN3. The number of nitrogens with zero attached hydrogens (tertiary/aromatic N) is 2. The third-order valence-electron chi connectivity index (χ3n) is 3.12. The van der Waals surface area contributed by atoms with Gasteiger partial charge >= 0.3 is 0 Å². The van der Waals surface area contributed by atoms with Crippen LogP contribution in [0.2, 0.25) is 5.15 Å². The summed E-state index contributed by atoms with van der Waals surface area (Å²) in [4.78, 5) is 0. The van der Waals surface area contributed by atoms with Gasteiger partial charge in [0, 0.05) is 12.1 Å². The van der Waals surface area contributed by atoms with Gasteiger partial charge in [-0.1, -0.05) is 18.5 Å². The first kappa shape index (κ1) is 11.0. The van der Waals surface area contributed by atoms with Crippen LogP contribution >= 0.6 is 11.6 Å². The minimum Gasteiger partial charge on any atom is -0.317 e. The van der Waals surface area contributed by atoms with E-state index in [-0.39, 0.29) is 0 Å². The summed E-state index contributed by atoms with van der Waals surface area (Å²) in [6, 6.07) is 0. The average molecular weight is 228 g/mol. The molecule has 1 N–H and O–H groups in total. The van der Waals surface area contributed by atoms with E-state index in [1.165, 1.54) is 12.8 Å². The van der Waals surface area contributed by atoms with Crippen LogP contribution in [0.4, 0.5) is 0 Å². The molecule has 4 heteroatoms. The maximum Gasteiger partial charge on any atom is 0.130 e. The highest BCUT2D eigenvalue weighted by atomic mass is 35.5. The predicted octanol–water partition coefficient (Wildman–Crippen LogP) is 2.10. The summed E-state index contributed by atoms with van der Waals surface area (Å²) in [5, 5.41) is 8.54. The zero-order chi connectivity index (χ0) is 10.7. The van der Waals surface area contributed by atoms with E-state index in [0.29, 0.717) is 0 Å². The van der Waals surface area contributed by atoms with Crippen molar-refractivity contribution in [3.05, 3.63) is 16.9 Å². The zero-order valence-electron chi connectivity index (χ0n) is 9.17.